The molecule has 1 N–H and O–H groups in total. The number of carbonyl (C=O) groups excluding carboxylic acids is 1. The molecule has 1 aliphatic rings. The quantitative estimate of drug-likeness (QED) is 0.916. The highest BCUT2D eigenvalue weighted by Gasteiger charge is 2.13. The van der Waals surface area contributed by atoms with E-state index in [1.54, 1.807) is 0 Å². The van der Waals surface area contributed by atoms with Crippen LogP contribution in [0.1, 0.15) is 17.5 Å². The molecule has 1 saturated heterocycles. The number of morpholine rings is 1. The van der Waals surface area contributed by atoms with Crippen LogP contribution in [-0.2, 0) is 16.0 Å². The number of aryl methyl sites for hydroxylation is 2. The molecule has 0 saturated carbocycles. The number of nitrogens with one attached hydrogen (secondary N) is 1. The van der Waals surface area contributed by atoms with E-state index in [2.05, 4.69) is 40.5 Å². The molecular weight excluding hydrogens is 300 g/mol. The van der Waals surface area contributed by atoms with Crippen LogP contribution in [-0.4, -0.2) is 32.2 Å². The minimum Gasteiger partial charge on any atom is -0.378 e. The van der Waals surface area contributed by atoms with E-state index >= 15 is 0 Å². The van der Waals surface area contributed by atoms with Gasteiger partial charge in [0.05, 0.1) is 13.2 Å². The lowest BCUT2D eigenvalue weighted by Gasteiger charge is -2.29. The van der Waals surface area contributed by atoms with Crippen molar-refractivity contribution < 1.29 is 9.53 Å². The van der Waals surface area contributed by atoms with Crippen molar-refractivity contribution in [1.29, 1.82) is 0 Å². The lowest BCUT2D eigenvalue weighted by molar-refractivity contribution is -0.116. The standard InChI is InChI=1S/C20H24N2O2/c1-16-7-9-18(22-11-13-24-14-12-22)15-19(16)21-20(23)10-8-17-5-3-2-4-6-17/h2-7,9,15H,8,10-14H2,1H3,(H,21,23). The predicted octanol–water partition coefficient (Wildman–Crippen LogP) is 3.40. The molecule has 1 amide bonds. The zero-order valence-corrected chi connectivity index (χ0v) is 14.1. The van der Waals surface area contributed by atoms with Gasteiger partial charge in [0.25, 0.3) is 0 Å². The molecular formula is C20H24N2O2. The Kier molecular flexibility index (Phi) is 5.49. The van der Waals surface area contributed by atoms with Crippen LogP contribution in [0.3, 0.4) is 0 Å². The number of anilines is 2. The number of amides is 1. The maximum atomic E-state index is 12.3. The van der Waals surface area contributed by atoms with Gasteiger partial charge in [0.2, 0.25) is 5.91 Å². The number of ether oxygens (including phenoxy) is 1. The fourth-order valence-electron chi connectivity index (χ4n) is 2.88. The van der Waals surface area contributed by atoms with Crippen molar-refractivity contribution >= 4 is 17.3 Å². The smallest absolute Gasteiger partial charge is 0.224 e. The van der Waals surface area contributed by atoms with Gasteiger partial charge in [-0.2, -0.15) is 0 Å². The van der Waals surface area contributed by atoms with Crippen molar-refractivity contribution in [2.45, 2.75) is 19.8 Å². The van der Waals surface area contributed by atoms with E-state index in [0.717, 1.165) is 49.7 Å². The van der Waals surface area contributed by atoms with Gasteiger partial charge in [-0.1, -0.05) is 36.4 Å². The molecule has 4 nitrogen and oxygen atoms in total. The van der Waals surface area contributed by atoms with Gasteiger partial charge in [-0.05, 0) is 36.6 Å². The summed E-state index contributed by atoms with van der Waals surface area (Å²) >= 11 is 0. The van der Waals surface area contributed by atoms with Gasteiger partial charge >= 0.3 is 0 Å². The second-order valence-electron chi connectivity index (χ2n) is 6.13. The summed E-state index contributed by atoms with van der Waals surface area (Å²) in [6.45, 7) is 5.32. The van der Waals surface area contributed by atoms with Gasteiger partial charge in [0, 0.05) is 30.9 Å². The SMILES string of the molecule is Cc1ccc(N2CCOCC2)cc1NC(=O)CCc1ccccc1. The molecule has 0 aromatic heterocycles. The first kappa shape index (κ1) is 16.5. The average Bonchev–Trinajstić information content (AvgIpc) is 2.63. The fraction of sp³-hybridized carbons (Fsp3) is 0.350. The highest BCUT2D eigenvalue weighted by molar-refractivity contribution is 5.92. The summed E-state index contributed by atoms with van der Waals surface area (Å²) in [5.41, 5.74) is 4.31. The van der Waals surface area contributed by atoms with Crippen LogP contribution in [0.2, 0.25) is 0 Å². The van der Waals surface area contributed by atoms with E-state index in [0.29, 0.717) is 6.42 Å². The van der Waals surface area contributed by atoms with Crippen LogP contribution in [0.4, 0.5) is 11.4 Å². The van der Waals surface area contributed by atoms with Crippen molar-refractivity contribution in [3.63, 3.8) is 0 Å². The second-order valence-corrected chi connectivity index (χ2v) is 6.13. The van der Waals surface area contributed by atoms with Crippen LogP contribution in [0.15, 0.2) is 48.5 Å². The van der Waals surface area contributed by atoms with Crippen LogP contribution < -0.4 is 10.2 Å². The summed E-state index contributed by atoms with van der Waals surface area (Å²) in [4.78, 5) is 14.6. The Morgan fingerprint density at radius 1 is 1.12 bits per heavy atom. The number of carbonyl (C=O) groups is 1. The molecule has 2 aromatic rings. The normalized spacial score (nSPS) is 14.5. The largest absolute Gasteiger partial charge is 0.378 e. The maximum Gasteiger partial charge on any atom is 0.224 e. The molecule has 1 heterocycles. The second kappa shape index (κ2) is 7.97. The van der Waals surface area contributed by atoms with E-state index < -0.39 is 0 Å². The van der Waals surface area contributed by atoms with Crippen molar-refractivity contribution in [2.75, 3.05) is 36.5 Å². The Morgan fingerprint density at radius 2 is 1.88 bits per heavy atom. The number of benzene rings is 2. The Morgan fingerprint density at radius 3 is 2.62 bits per heavy atom. The highest BCUT2D eigenvalue weighted by Crippen LogP contribution is 2.24. The van der Waals surface area contributed by atoms with Gasteiger partial charge in [-0.25, -0.2) is 0 Å². The molecule has 1 aliphatic heterocycles. The Hall–Kier alpha value is -2.33. The zero-order chi connectivity index (χ0) is 16.8. The van der Waals surface area contributed by atoms with Crippen LogP contribution in [0.25, 0.3) is 0 Å². The van der Waals surface area contributed by atoms with Gasteiger partial charge < -0.3 is 15.0 Å². The van der Waals surface area contributed by atoms with E-state index in [4.69, 9.17) is 4.74 Å². The molecule has 4 heteroatoms. The number of hydrogen-bond donors (Lipinski definition) is 1. The third kappa shape index (κ3) is 4.36. The molecule has 0 radical (unpaired) electrons. The zero-order valence-electron chi connectivity index (χ0n) is 14.1. The topological polar surface area (TPSA) is 41.6 Å². The van der Waals surface area contributed by atoms with Crippen LogP contribution in [0.5, 0.6) is 0 Å². The molecule has 126 valence electrons. The van der Waals surface area contributed by atoms with Gasteiger partial charge in [-0.3, -0.25) is 4.79 Å². The summed E-state index contributed by atoms with van der Waals surface area (Å²) in [7, 11) is 0. The monoisotopic (exact) mass is 324 g/mol. The lowest BCUT2D eigenvalue weighted by Crippen LogP contribution is -2.36. The van der Waals surface area contributed by atoms with Crippen molar-refractivity contribution in [3.05, 3.63) is 59.7 Å². The number of nitrogens with zero attached hydrogens (tertiary/aromatic N) is 1. The van der Waals surface area contributed by atoms with Crippen LogP contribution >= 0.6 is 0 Å². The van der Waals surface area contributed by atoms with Crippen molar-refractivity contribution in [1.82, 2.24) is 0 Å². The first-order chi connectivity index (χ1) is 11.7. The number of hydrogen-bond acceptors (Lipinski definition) is 3. The Labute approximate surface area is 143 Å². The molecule has 1 fully saturated rings. The van der Waals surface area contributed by atoms with Gasteiger partial charge in [-0.15, -0.1) is 0 Å². The number of rotatable bonds is 5. The first-order valence-corrected chi connectivity index (χ1v) is 8.49. The van der Waals surface area contributed by atoms with Crippen molar-refractivity contribution in [2.24, 2.45) is 0 Å². The summed E-state index contributed by atoms with van der Waals surface area (Å²) in [5.74, 6) is 0.0566. The molecule has 0 aliphatic carbocycles. The molecule has 0 atom stereocenters. The van der Waals surface area contributed by atoms with E-state index in [1.165, 1.54) is 5.56 Å². The van der Waals surface area contributed by atoms with E-state index in [1.807, 2.05) is 25.1 Å². The minimum atomic E-state index is 0.0566. The molecule has 3 rings (SSSR count). The summed E-state index contributed by atoms with van der Waals surface area (Å²) in [6, 6.07) is 16.4. The van der Waals surface area contributed by atoms with Gasteiger partial charge in [0.1, 0.15) is 0 Å². The minimum absolute atomic E-state index is 0.0566. The molecule has 2 aromatic carbocycles. The van der Waals surface area contributed by atoms with Gasteiger partial charge in [0.15, 0.2) is 0 Å². The Bertz CT molecular complexity index is 679. The highest BCUT2D eigenvalue weighted by atomic mass is 16.5. The van der Waals surface area contributed by atoms with E-state index in [-0.39, 0.29) is 5.91 Å². The first-order valence-electron chi connectivity index (χ1n) is 8.49. The Balaban J connectivity index is 1.62. The molecule has 0 unspecified atom stereocenters. The molecule has 0 spiro atoms. The summed E-state index contributed by atoms with van der Waals surface area (Å²) in [5, 5.41) is 3.06. The third-order valence-electron chi connectivity index (χ3n) is 4.36. The molecule has 24 heavy (non-hydrogen) atoms. The lowest BCUT2D eigenvalue weighted by atomic mass is 10.1. The van der Waals surface area contributed by atoms with E-state index in [9.17, 15) is 4.79 Å². The summed E-state index contributed by atoms with van der Waals surface area (Å²) in [6.07, 6.45) is 1.25. The van der Waals surface area contributed by atoms with Crippen LogP contribution in [0, 0.1) is 6.92 Å². The summed E-state index contributed by atoms with van der Waals surface area (Å²) < 4.78 is 5.40. The fourth-order valence-corrected chi connectivity index (χ4v) is 2.88. The van der Waals surface area contributed by atoms with Crippen molar-refractivity contribution in [3.8, 4) is 0 Å². The predicted molar refractivity (Wildman–Crippen MR) is 97.6 cm³/mol. The molecule has 0 bridgehead atoms. The maximum absolute atomic E-state index is 12.3. The average molecular weight is 324 g/mol. The third-order valence-corrected chi connectivity index (χ3v) is 4.36.